The van der Waals surface area contributed by atoms with Crippen molar-refractivity contribution in [3.8, 4) is 11.1 Å². The summed E-state index contributed by atoms with van der Waals surface area (Å²) in [6, 6.07) is 11.9. The maximum atomic E-state index is 11.0. The molecule has 0 saturated carbocycles. The second kappa shape index (κ2) is 4.49. The van der Waals surface area contributed by atoms with Gasteiger partial charge in [0.1, 0.15) is 6.61 Å². The van der Waals surface area contributed by atoms with E-state index in [4.69, 9.17) is 4.74 Å². The Balaban J connectivity index is 1.92. The zero-order valence-corrected chi connectivity index (χ0v) is 9.67. The van der Waals surface area contributed by atoms with Crippen LogP contribution in [-0.4, -0.2) is 17.7 Å². The molecule has 1 atom stereocenters. The number of nitrogens with one attached hydrogen (secondary N) is 1. The Hall–Kier alpha value is -2.36. The standard InChI is InChI=1S/C14H12N2O2/c17-14-16-13(9-18-14)11-4-1-3-10(7-11)12-5-2-6-15-8-12/h1-8,13H,9H2,(H,16,17)/t13-/m1/s1. The third kappa shape index (κ3) is 2.05. The van der Waals surface area contributed by atoms with Gasteiger partial charge < -0.3 is 10.1 Å². The summed E-state index contributed by atoms with van der Waals surface area (Å²) in [5, 5.41) is 2.77. The van der Waals surface area contributed by atoms with E-state index < -0.39 is 0 Å². The highest BCUT2D eigenvalue weighted by Crippen LogP contribution is 2.24. The molecule has 0 aliphatic carbocycles. The van der Waals surface area contributed by atoms with Crippen LogP contribution in [0.3, 0.4) is 0 Å². The van der Waals surface area contributed by atoms with Gasteiger partial charge in [0.15, 0.2) is 0 Å². The van der Waals surface area contributed by atoms with Gasteiger partial charge in [-0.05, 0) is 28.8 Å². The molecule has 2 heterocycles. The van der Waals surface area contributed by atoms with Crippen LogP contribution < -0.4 is 5.32 Å². The lowest BCUT2D eigenvalue weighted by molar-refractivity contribution is 0.177. The van der Waals surface area contributed by atoms with E-state index in [9.17, 15) is 4.79 Å². The monoisotopic (exact) mass is 240 g/mol. The lowest BCUT2D eigenvalue weighted by Crippen LogP contribution is -2.18. The average Bonchev–Trinajstić information content (AvgIpc) is 2.87. The van der Waals surface area contributed by atoms with Crippen molar-refractivity contribution in [2.75, 3.05) is 6.61 Å². The number of pyridine rings is 1. The number of nitrogens with zero attached hydrogens (tertiary/aromatic N) is 1. The van der Waals surface area contributed by atoms with Crippen LogP contribution in [0.4, 0.5) is 4.79 Å². The molecule has 0 bridgehead atoms. The number of aromatic nitrogens is 1. The van der Waals surface area contributed by atoms with Gasteiger partial charge in [-0.25, -0.2) is 4.79 Å². The Morgan fingerprint density at radius 2 is 2.11 bits per heavy atom. The summed E-state index contributed by atoms with van der Waals surface area (Å²) in [7, 11) is 0. The first-order valence-electron chi connectivity index (χ1n) is 5.76. The number of alkyl carbamates (subject to hydrolysis) is 1. The van der Waals surface area contributed by atoms with E-state index in [0.717, 1.165) is 16.7 Å². The smallest absolute Gasteiger partial charge is 0.407 e. The number of rotatable bonds is 2. The summed E-state index contributed by atoms with van der Waals surface area (Å²) in [6.45, 7) is 0.384. The van der Waals surface area contributed by atoms with Gasteiger partial charge in [-0.15, -0.1) is 0 Å². The number of carbonyl (C=O) groups excluding carboxylic acids is 1. The van der Waals surface area contributed by atoms with Crippen LogP contribution in [0.25, 0.3) is 11.1 Å². The van der Waals surface area contributed by atoms with Crippen molar-refractivity contribution < 1.29 is 9.53 Å². The molecule has 1 aliphatic rings. The van der Waals surface area contributed by atoms with E-state index in [1.807, 2.05) is 36.5 Å². The summed E-state index contributed by atoms with van der Waals surface area (Å²) in [5.41, 5.74) is 3.19. The van der Waals surface area contributed by atoms with E-state index in [1.54, 1.807) is 6.20 Å². The van der Waals surface area contributed by atoms with Crippen molar-refractivity contribution in [3.63, 3.8) is 0 Å². The predicted octanol–water partition coefficient (Wildman–Crippen LogP) is 2.53. The van der Waals surface area contributed by atoms with Gasteiger partial charge in [-0.2, -0.15) is 0 Å². The van der Waals surface area contributed by atoms with Crippen LogP contribution in [-0.2, 0) is 4.74 Å². The molecule has 1 amide bonds. The number of benzene rings is 1. The normalized spacial score (nSPS) is 18.2. The summed E-state index contributed by atoms with van der Waals surface area (Å²) in [4.78, 5) is 15.1. The van der Waals surface area contributed by atoms with Crippen molar-refractivity contribution in [1.29, 1.82) is 0 Å². The van der Waals surface area contributed by atoms with Crippen LogP contribution >= 0.6 is 0 Å². The highest BCUT2D eigenvalue weighted by atomic mass is 16.6. The molecule has 2 aromatic rings. The quantitative estimate of drug-likeness (QED) is 0.877. The number of cyclic esters (lactones) is 1. The Morgan fingerprint density at radius 3 is 2.83 bits per heavy atom. The van der Waals surface area contributed by atoms with E-state index in [1.165, 1.54) is 0 Å². The van der Waals surface area contributed by atoms with E-state index in [-0.39, 0.29) is 12.1 Å². The number of hydrogen-bond acceptors (Lipinski definition) is 3. The van der Waals surface area contributed by atoms with Crippen LogP contribution in [0.15, 0.2) is 48.8 Å². The van der Waals surface area contributed by atoms with Crippen LogP contribution in [0.1, 0.15) is 11.6 Å². The molecule has 1 aromatic carbocycles. The predicted molar refractivity (Wildman–Crippen MR) is 66.9 cm³/mol. The number of amides is 1. The first-order chi connectivity index (χ1) is 8.83. The first-order valence-corrected chi connectivity index (χ1v) is 5.76. The van der Waals surface area contributed by atoms with Crippen LogP contribution in [0.2, 0.25) is 0 Å². The minimum Gasteiger partial charge on any atom is -0.447 e. The van der Waals surface area contributed by atoms with Crippen LogP contribution in [0.5, 0.6) is 0 Å². The molecule has 1 aliphatic heterocycles. The van der Waals surface area contributed by atoms with Crippen molar-refractivity contribution in [3.05, 3.63) is 54.4 Å². The zero-order valence-electron chi connectivity index (χ0n) is 9.67. The van der Waals surface area contributed by atoms with Crippen molar-refractivity contribution in [2.45, 2.75) is 6.04 Å². The van der Waals surface area contributed by atoms with Crippen molar-refractivity contribution in [2.24, 2.45) is 0 Å². The van der Waals surface area contributed by atoms with Crippen molar-refractivity contribution >= 4 is 6.09 Å². The molecule has 90 valence electrons. The van der Waals surface area contributed by atoms with Gasteiger partial charge in [0.05, 0.1) is 6.04 Å². The van der Waals surface area contributed by atoms with Gasteiger partial charge >= 0.3 is 6.09 Å². The Bertz CT molecular complexity index is 569. The Labute approximate surface area is 105 Å². The summed E-state index contributed by atoms with van der Waals surface area (Å²) < 4.78 is 4.90. The van der Waals surface area contributed by atoms with E-state index in [0.29, 0.717) is 6.61 Å². The third-order valence-corrected chi connectivity index (χ3v) is 2.96. The minimum atomic E-state index is -0.355. The zero-order chi connectivity index (χ0) is 12.4. The van der Waals surface area contributed by atoms with Gasteiger partial charge in [0.2, 0.25) is 0 Å². The molecule has 0 radical (unpaired) electrons. The molecule has 1 aromatic heterocycles. The molecule has 4 heteroatoms. The molecular formula is C14H12N2O2. The molecule has 18 heavy (non-hydrogen) atoms. The van der Waals surface area contributed by atoms with Crippen LogP contribution in [0, 0.1) is 0 Å². The largest absolute Gasteiger partial charge is 0.447 e. The fourth-order valence-electron chi connectivity index (χ4n) is 2.03. The summed E-state index contributed by atoms with van der Waals surface area (Å²) in [6.07, 6.45) is 3.22. The van der Waals surface area contributed by atoms with Gasteiger partial charge in [-0.3, -0.25) is 4.98 Å². The second-order valence-electron chi connectivity index (χ2n) is 4.16. The maximum Gasteiger partial charge on any atom is 0.407 e. The van der Waals surface area contributed by atoms with Gasteiger partial charge in [0.25, 0.3) is 0 Å². The fraction of sp³-hybridized carbons (Fsp3) is 0.143. The highest BCUT2D eigenvalue weighted by molar-refractivity contribution is 5.70. The van der Waals surface area contributed by atoms with E-state index in [2.05, 4.69) is 16.4 Å². The SMILES string of the molecule is O=C1N[C@@H](c2cccc(-c3cccnc3)c2)CO1. The Morgan fingerprint density at radius 1 is 1.22 bits per heavy atom. The number of ether oxygens (including phenoxy) is 1. The maximum absolute atomic E-state index is 11.0. The summed E-state index contributed by atoms with van der Waals surface area (Å²) >= 11 is 0. The lowest BCUT2D eigenvalue weighted by Gasteiger charge is -2.09. The molecular weight excluding hydrogens is 228 g/mol. The minimum absolute atomic E-state index is 0.0610. The molecule has 1 N–H and O–H groups in total. The summed E-state index contributed by atoms with van der Waals surface area (Å²) in [5.74, 6) is 0. The topological polar surface area (TPSA) is 51.2 Å². The lowest BCUT2D eigenvalue weighted by atomic mass is 10.0. The number of hydrogen-bond donors (Lipinski definition) is 1. The third-order valence-electron chi connectivity index (χ3n) is 2.96. The second-order valence-corrected chi connectivity index (χ2v) is 4.16. The number of carbonyl (C=O) groups is 1. The average molecular weight is 240 g/mol. The van der Waals surface area contributed by atoms with Gasteiger partial charge in [0, 0.05) is 12.4 Å². The first kappa shape index (κ1) is 10.8. The molecule has 4 nitrogen and oxygen atoms in total. The highest BCUT2D eigenvalue weighted by Gasteiger charge is 2.23. The molecule has 1 fully saturated rings. The molecule has 3 rings (SSSR count). The molecule has 0 unspecified atom stereocenters. The fourth-order valence-corrected chi connectivity index (χ4v) is 2.03. The van der Waals surface area contributed by atoms with E-state index >= 15 is 0 Å². The molecule has 1 saturated heterocycles. The van der Waals surface area contributed by atoms with Crippen molar-refractivity contribution in [1.82, 2.24) is 10.3 Å². The van der Waals surface area contributed by atoms with Gasteiger partial charge in [-0.1, -0.05) is 24.3 Å². The Kier molecular flexibility index (Phi) is 2.68. The molecule has 0 spiro atoms.